The molecule has 0 fully saturated rings. The molecular weight excluding hydrogens is 264 g/mol. The van der Waals surface area contributed by atoms with Crippen molar-refractivity contribution < 1.29 is 9.53 Å². The van der Waals surface area contributed by atoms with Gasteiger partial charge in [0, 0.05) is 17.1 Å². The standard InChI is InChI=1S/C14H21ClN2O2/c1-9(2)6-12(16)14(18)17-8-10-7-11(15)4-5-13(10)19-3/h4-5,7,9,12H,6,8,16H2,1-3H3,(H,17,18)/t12-/m0/s1. The summed E-state index contributed by atoms with van der Waals surface area (Å²) in [5.74, 6) is 0.930. The van der Waals surface area contributed by atoms with E-state index in [0.717, 1.165) is 5.56 Å². The van der Waals surface area contributed by atoms with Gasteiger partial charge in [0.15, 0.2) is 0 Å². The molecule has 0 spiro atoms. The van der Waals surface area contributed by atoms with Gasteiger partial charge in [0.2, 0.25) is 5.91 Å². The van der Waals surface area contributed by atoms with Crippen molar-refractivity contribution in [1.82, 2.24) is 5.32 Å². The number of benzene rings is 1. The summed E-state index contributed by atoms with van der Waals surface area (Å²) in [6, 6.07) is 4.81. The number of carbonyl (C=O) groups is 1. The Kier molecular flexibility index (Phi) is 6.12. The summed E-state index contributed by atoms with van der Waals surface area (Å²) in [6.45, 7) is 4.43. The molecule has 106 valence electrons. The van der Waals surface area contributed by atoms with Crippen LogP contribution in [-0.4, -0.2) is 19.1 Å². The number of methoxy groups -OCH3 is 1. The van der Waals surface area contributed by atoms with Crippen LogP contribution in [0.3, 0.4) is 0 Å². The van der Waals surface area contributed by atoms with Crippen LogP contribution in [0.4, 0.5) is 0 Å². The van der Waals surface area contributed by atoms with Crippen molar-refractivity contribution in [3.8, 4) is 5.75 Å². The summed E-state index contributed by atoms with van der Waals surface area (Å²) in [6.07, 6.45) is 0.665. The first-order valence-electron chi connectivity index (χ1n) is 6.29. The lowest BCUT2D eigenvalue weighted by Crippen LogP contribution is -2.41. The Hall–Kier alpha value is -1.26. The van der Waals surface area contributed by atoms with Crippen molar-refractivity contribution in [2.24, 2.45) is 11.7 Å². The fourth-order valence-electron chi connectivity index (χ4n) is 1.81. The average molecular weight is 285 g/mol. The number of nitrogens with one attached hydrogen (secondary N) is 1. The third-order valence-electron chi connectivity index (χ3n) is 2.76. The highest BCUT2D eigenvalue weighted by Crippen LogP contribution is 2.22. The molecular formula is C14H21ClN2O2. The van der Waals surface area contributed by atoms with E-state index in [1.54, 1.807) is 25.3 Å². The molecule has 0 saturated carbocycles. The lowest BCUT2D eigenvalue weighted by Gasteiger charge is -2.15. The smallest absolute Gasteiger partial charge is 0.237 e. The van der Waals surface area contributed by atoms with Gasteiger partial charge in [0.05, 0.1) is 13.2 Å². The van der Waals surface area contributed by atoms with Crippen LogP contribution in [0, 0.1) is 5.92 Å². The molecule has 1 rings (SSSR count). The van der Waals surface area contributed by atoms with E-state index in [1.807, 2.05) is 13.8 Å². The number of carbonyl (C=O) groups excluding carboxylic acids is 1. The van der Waals surface area contributed by atoms with Gasteiger partial charge in [0.1, 0.15) is 5.75 Å². The fraction of sp³-hybridized carbons (Fsp3) is 0.500. The van der Waals surface area contributed by atoms with Gasteiger partial charge in [-0.25, -0.2) is 0 Å². The summed E-state index contributed by atoms with van der Waals surface area (Å²) < 4.78 is 5.22. The maximum absolute atomic E-state index is 11.8. The molecule has 0 unspecified atom stereocenters. The number of ether oxygens (including phenoxy) is 1. The molecule has 4 nitrogen and oxygen atoms in total. The zero-order valence-electron chi connectivity index (χ0n) is 11.6. The molecule has 0 radical (unpaired) electrons. The van der Waals surface area contributed by atoms with Crippen LogP contribution in [0.2, 0.25) is 5.02 Å². The lowest BCUT2D eigenvalue weighted by molar-refractivity contribution is -0.122. The summed E-state index contributed by atoms with van der Waals surface area (Å²) in [5.41, 5.74) is 6.65. The van der Waals surface area contributed by atoms with Gasteiger partial charge in [0.25, 0.3) is 0 Å². The molecule has 5 heteroatoms. The van der Waals surface area contributed by atoms with Gasteiger partial charge in [-0.1, -0.05) is 25.4 Å². The normalized spacial score (nSPS) is 12.3. The molecule has 0 bridgehead atoms. The lowest BCUT2D eigenvalue weighted by atomic mass is 10.0. The van der Waals surface area contributed by atoms with E-state index in [9.17, 15) is 4.79 Å². The van der Waals surface area contributed by atoms with E-state index < -0.39 is 6.04 Å². The molecule has 0 aliphatic rings. The van der Waals surface area contributed by atoms with E-state index in [1.165, 1.54) is 0 Å². The molecule has 1 amide bonds. The van der Waals surface area contributed by atoms with Crippen LogP contribution >= 0.6 is 11.6 Å². The summed E-state index contributed by atoms with van der Waals surface area (Å²) >= 11 is 5.93. The van der Waals surface area contributed by atoms with Crippen LogP contribution in [0.25, 0.3) is 0 Å². The number of nitrogens with two attached hydrogens (primary N) is 1. The van der Waals surface area contributed by atoms with Crippen LogP contribution in [0.15, 0.2) is 18.2 Å². The van der Waals surface area contributed by atoms with Crippen LogP contribution in [0.5, 0.6) is 5.75 Å². The van der Waals surface area contributed by atoms with Crippen molar-refractivity contribution in [2.45, 2.75) is 32.9 Å². The predicted octanol–water partition coefficient (Wildman–Crippen LogP) is 2.34. The maximum atomic E-state index is 11.8. The molecule has 3 N–H and O–H groups in total. The second kappa shape index (κ2) is 7.36. The van der Waals surface area contributed by atoms with Gasteiger partial charge in [-0.3, -0.25) is 4.79 Å². The number of halogens is 1. The second-order valence-electron chi connectivity index (χ2n) is 4.91. The summed E-state index contributed by atoms with van der Waals surface area (Å²) in [5, 5.41) is 3.41. The van der Waals surface area contributed by atoms with Crippen LogP contribution in [-0.2, 0) is 11.3 Å². The van der Waals surface area contributed by atoms with Gasteiger partial charge in [-0.2, -0.15) is 0 Å². The van der Waals surface area contributed by atoms with Crippen molar-refractivity contribution in [2.75, 3.05) is 7.11 Å². The second-order valence-corrected chi connectivity index (χ2v) is 5.35. The minimum Gasteiger partial charge on any atom is -0.496 e. The molecule has 0 saturated heterocycles. The molecule has 1 aromatic carbocycles. The molecule has 0 aromatic heterocycles. The highest BCUT2D eigenvalue weighted by molar-refractivity contribution is 6.30. The largest absolute Gasteiger partial charge is 0.496 e. The maximum Gasteiger partial charge on any atom is 0.237 e. The molecule has 0 aliphatic carbocycles. The Balaban J connectivity index is 2.61. The highest BCUT2D eigenvalue weighted by atomic mass is 35.5. The van der Waals surface area contributed by atoms with E-state index in [4.69, 9.17) is 22.1 Å². The van der Waals surface area contributed by atoms with Crippen LogP contribution in [0.1, 0.15) is 25.8 Å². The van der Waals surface area contributed by atoms with E-state index >= 15 is 0 Å². The number of amides is 1. The van der Waals surface area contributed by atoms with Gasteiger partial charge < -0.3 is 15.8 Å². The first-order valence-corrected chi connectivity index (χ1v) is 6.67. The van der Waals surface area contributed by atoms with Crippen molar-refractivity contribution in [3.63, 3.8) is 0 Å². The Morgan fingerprint density at radius 2 is 2.16 bits per heavy atom. The Morgan fingerprint density at radius 3 is 2.74 bits per heavy atom. The Morgan fingerprint density at radius 1 is 1.47 bits per heavy atom. The third-order valence-corrected chi connectivity index (χ3v) is 2.99. The van der Waals surface area contributed by atoms with Gasteiger partial charge in [-0.15, -0.1) is 0 Å². The van der Waals surface area contributed by atoms with E-state index in [2.05, 4.69) is 5.32 Å². The van der Waals surface area contributed by atoms with Crippen LogP contribution < -0.4 is 15.8 Å². The minimum absolute atomic E-state index is 0.157. The average Bonchev–Trinajstić information content (AvgIpc) is 2.35. The third kappa shape index (κ3) is 5.09. The minimum atomic E-state index is -0.481. The van der Waals surface area contributed by atoms with Crippen molar-refractivity contribution >= 4 is 17.5 Å². The molecule has 0 aliphatic heterocycles. The molecule has 19 heavy (non-hydrogen) atoms. The SMILES string of the molecule is COc1ccc(Cl)cc1CNC(=O)[C@@H](N)CC(C)C. The van der Waals surface area contributed by atoms with Gasteiger partial charge in [-0.05, 0) is 30.5 Å². The highest BCUT2D eigenvalue weighted by Gasteiger charge is 2.15. The van der Waals surface area contributed by atoms with Crippen molar-refractivity contribution in [3.05, 3.63) is 28.8 Å². The zero-order chi connectivity index (χ0) is 14.4. The first kappa shape index (κ1) is 15.8. The van der Waals surface area contributed by atoms with E-state index in [-0.39, 0.29) is 5.91 Å². The quantitative estimate of drug-likeness (QED) is 0.843. The number of hydrogen-bond acceptors (Lipinski definition) is 3. The molecule has 1 aromatic rings. The first-order chi connectivity index (χ1) is 8.93. The Labute approximate surface area is 119 Å². The van der Waals surface area contributed by atoms with Gasteiger partial charge >= 0.3 is 0 Å². The zero-order valence-corrected chi connectivity index (χ0v) is 12.3. The monoisotopic (exact) mass is 284 g/mol. The fourth-order valence-corrected chi connectivity index (χ4v) is 2.01. The predicted molar refractivity (Wildman–Crippen MR) is 77.3 cm³/mol. The topological polar surface area (TPSA) is 64.3 Å². The Bertz CT molecular complexity index is 435. The van der Waals surface area contributed by atoms with E-state index in [0.29, 0.717) is 29.7 Å². The summed E-state index contributed by atoms with van der Waals surface area (Å²) in [7, 11) is 1.58. The van der Waals surface area contributed by atoms with Crippen molar-refractivity contribution in [1.29, 1.82) is 0 Å². The number of hydrogen-bond donors (Lipinski definition) is 2. The molecule has 1 atom stereocenters. The summed E-state index contributed by atoms with van der Waals surface area (Å²) in [4.78, 5) is 11.8. The number of rotatable bonds is 6. The molecule has 0 heterocycles.